The molecule has 108 valence electrons. The first-order chi connectivity index (χ1) is 8.63. The second kappa shape index (κ2) is 12.6. The van der Waals surface area contributed by atoms with Crippen molar-refractivity contribution < 1.29 is 4.79 Å². The molecule has 0 aliphatic rings. The number of Topliss-reactive ketones (excluding diaryl/α,β-unsaturated/α-hetero) is 1. The predicted octanol–water partition coefficient (Wildman–Crippen LogP) is 3.12. The van der Waals surface area contributed by atoms with Crippen LogP contribution in [-0.2, 0) is 4.79 Å². The van der Waals surface area contributed by atoms with E-state index in [2.05, 4.69) is 31.9 Å². The van der Waals surface area contributed by atoms with E-state index in [9.17, 15) is 4.79 Å². The van der Waals surface area contributed by atoms with Gasteiger partial charge in [0, 0.05) is 11.9 Å². The zero-order valence-corrected chi connectivity index (χ0v) is 14.2. The first-order valence-electron chi connectivity index (χ1n) is 6.83. The van der Waals surface area contributed by atoms with Crippen LogP contribution in [0, 0.1) is 0 Å². The molecule has 0 saturated carbocycles. The Hall–Kier alpha value is 0.550. The fourth-order valence-electron chi connectivity index (χ4n) is 1.79. The van der Waals surface area contributed by atoms with Crippen LogP contribution >= 0.6 is 31.9 Å². The largest absolute Gasteiger partial charge is 0.328 e. The predicted molar refractivity (Wildman–Crippen MR) is 85.5 cm³/mol. The normalized spacial score (nSPS) is 14.4. The lowest BCUT2D eigenvalue weighted by Gasteiger charge is -2.13. The molecule has 4 N–H and O–H groups in total. The van der Waals surface area contributed by atoms with Crippen molar-refractivity contribution in [1.82, 2.24) is 0 Å². The highest BCUT2D eigenvalue weighted by Gasteiger charge is 2.19. The topological polar surface area (TPSA) is 69.1 Å². The smallest absolute Gasteiger partial charge is 0.164 e. The fraction of sp³-hybridized carbons (Fsp3) is 0.923. The Labute approximate surface area is 128 Å². The third-order valence-electron chi connectivity index (χ3n) is 3.02. The van der Waals surface area contributed by atoms with Gasteiger partial charge in [0.15, 0.2) is 5.78 Å². The Kier molecular flexibility index (Phi) is 13.0. The SMILES string of the molecule is NCC(N)C(=O)C(Br)CCCCCCCCCBr. The quantitative estimate of drug-likeness (QED) is 0.400. The van der Waals surface area contributed by atoms with Crippen LogP contribution in [0.5, 0.6) is 0 Å². The summed E-state index contributed by atoms with van der Waals surface area (Å²) in [6.45, 7) is 0.231. The molecule has 0 radical (unpaired) electrons. The molecule has 0 rings (SSSR count). The standard InChI is InChI=1S/C13H26Br2N2O/c14-9-7-5-3-1-2-4-6-8-11(15)13(18)12(17)10-16/h11-12H,1-10,16-17H2. The number of ketones is 1. The van der Waals surface area contributed by atoms with Gasteiger partial charge in [0.2, 0.25) is 0 Å². The molecule has 3 nitrogen and oxygen atoms in total. The highest BCUT2D eigenvalue weighted by Crippen LogP contribution is 2.15. The van der Waals surface area contributed by atoms with E-state index in [1.54, 1.807) is 0 Å². The van der Waals surface area contributed by atoms with Gasteiger partial charge in [0.05, 0.1) is 10.9 Å². The molecule has 0 aliphatic heterocycles. The number of halogens is 2. The third-order valence-corrected chi connectivity index (χ3v) is 4.49. The minimum atomic E-state index is -0.515. The van der Waals surface area contributed by atoms with Crippen LogP contribution in [0.1, 0.15) is 51.4 Å². The Morgan fingerprint density at radius 1 is 1.00 bits per heavy atom. The van der Waals surface area contributed by atoms with E-state index in [1.807, 2.05) is 0 Å². The molecule has 0 aromatic rings. The van der Waals surface area contributed by atoms with Crippen LogP contribution < -0.4 is 11.5 Å². The molecule has 0 aromatic carbocycles. The molecule has 0 bridgehead atoms. The van der Waals surface area contributed by atoms with E-state index >= 15 is 0 Å². The van der Waals surface area contributed by atoms with E-state index in [-0.39, 0.29) is 17.2 Å². The van der Waals surface area contributed by atoms with Crippen molar-refractivity contribution in [2.45, 2.75) is 62.2 Å². The second-order valence-electron chi connectivity index (χ2n) is 4.66. The van der Waals surface area contributed by atoms with Crippen LogP contribution in [-0.4, -0.2) is 28.5 Å². The van der Waals surface area contributed by atoms with E-state index in [4.69, 9.17) is 11.5 Å². The number of hydrogen-bond donors (Lipinski definition) is 2. The molecule has 0 amide bonds. The molecule has 0 fully saturated rings. The zero-order valence-electron chi connectivity index (χ0n) is 11.0. The number of unbranched alkanes of at least 4 members (excludes halogenated alkanes) is 6. The molecule has 0 aromatic heterocycles. The fourth-order valence-corrected chi connectivity index (χ4v) is 2.85. The van der Waals surface area contributed by atoms with Gasteiger partial charge >= 0.3 is 0 Å². The summed E-state index contributed by atoms with van der Waals surface area (Å²) in [5, 5.41) is 1.11. The average Bonchev–Trinajstić information content (AvgIpc) is 2.39. The second-order valence-corrected chi connectivity index (χ2v) is 6.56. The van der Waals surface area contributed by atoms with Crippen LogP contribution in [0.4, 0.5) is 0 Å². The number of hydrogen-bond acceptors (Lipinski definition) is 3. The third kappa shape index (κ3) is 9.48. The summed E-state index contributed by atoms with van der Waals surface area (Å²) in [7, 11) is 0. The first-order valence-corrected chi connectivity index (χ1v) is 8.86. The van der Waals surface area contributed by atoms with Crippen molar-refractivity contribution in [2.24, 2.45) is 11.5 Å². The Morgan fingerprint density at radius 3 is 2.00 bits per heavy atom. The van der Waals surface area contributed by atoms with Crippen molar-refractivity contribution in [3.63, 3.8) is 0 Å². The van der Waals surface area contributed by atoms with Gasteiger partial charge in [-0.1, -0.05) is 70.4 Å². The maximum absolute atomic E-state index is 11.7. The van der Waals surface area contributed by atoms with Crippen LogP contribution in [0.3, 0.4) is 0 Å². The first kappa shape index (κ1) is 18.6. The van der Waals surface area contributed by atoms with Gasteiger partial charge in [-0.15, -0.1) is 0 Å². The number of carbonyl (C=O) groups is 1. The zero-order chi connectivity index (χ0) is 13.8. The maximum Gasteiger partial charge on any atom is 0.164 e. The van der Waals surface area contributed by atoms with Crippen molar-refractivity contribution >= 4 is 37.6 Å². The summed E-state index contributed by atoms with van der Waals surface area (Å²) in [4.78, 5) is 11.5. The van der Waals surface area contributed by atoms with E-state index in [0.717, 1.165) is 18.2 Å². The van der Waals surface area contributed by atoms with Gasteiger partial charge in [-0.05, 0) is 12.8 Å². The van der Waals surface area contributed by atoms with Gasteiger partial charge in [-0.3, -0.25) is 4.79 Å². The molecular weight excluding hydrogens is 360 g/mol. The minimum Gasteiger partial charge on any atom is -0.328 e. The van der Waals surface area contributed by atoms with Gasteiger partial charge < -0.3 is 11.5 Å². The molecule has 0 heterocycles. The number of carbonyl (C=O) groups excluding carboxylic acids is 1. The van der Waals surface area contributed by atoms with Crippen LogP contribution in [0.15, 0.2) is 0 Å². The highest BCUT2D eigenvalue weighted by molar-refractivity contribution is 9.10. The molecule has 0 saturated heterocycles. The summed E-state index contributed by atoms with van der Waals surface area (Å²) in [6, 6.07) is -0.515. The monoisotopic (exact) mass is 384 g/mol. The Bertz CT molecular complexity index is 215. The number of alkyl halides is 2. The summed E-state index contributed by atoms with van der Waals surface area (Å²) in [5.74, 6) is 0.0369. The minimum absolute atomic E-state index is 0.0369. The summed E-state index contributed by atoms with van der Waals surface area (Å²) < 4.78 is 0. The van der Waals surface area contributed by atoms with Crippen molar-refractivity contribution in [1.29, 1.82) is 0 Å². The van der Waals surface area contributed by atoms with E-state index < -0.39 is 6.04 Å². The van der Waals surface area contributed by atoms with Gasteiger partial charge in [-0.2, -0.15) is 0 Å². The van der Waals surface area contributed by atoms with Crippen molar-refractivity contribution in [2.75, 3.05) is 11.9 Å². The van der Waals surface area contributed by atoms with E-state index in [0.29, 0.717) is 0 Å². The van der Waals surface area contributed by atoms with Crippen LogP contribution in [0.25, 0.3) is 0 Å². The van der Waals surface area contributed by atoms with Crippen molar-refractivity contribution in [3.05, 3.63) is 0 Å². The number of nitrogens with two attached hydrogens (primary N) is 2. The lowest BCUT2D eigenvalue weighted by Crippen LogP contribution is -2.41. The van der Waals surface area contributed by atoms with Gasteiger partial charge in [0.25, 0.3) is 0 Å². The molecule has 0 spiro atoms. The Morgan fingerprint density at radius 2 is 1.50 bits per heavy atom. The van der Waals surface area contributed by atoms with Crippen LogP contribution in [0.2, 0.25) is 0 Å². The highest BCUT2D eigenvalue weighted by atomic mass is 79.9. The molecule has 0 aliphatic carbocycles. The molecular formula is C13H26Br2N2O. The van der Waals surface area contributed by atoms with Gasteiger partial charge in [0.1, 0.15) is 0 Å². The lowest BCUT2D eigenvalue weighted by atomic mass is 10.0. The summed E-state index contributed by atoms with van der Waals surface area (Å²) in [6.07, 6.45) is 9.62. The molecule has 2 atom stereocenters. The molecule has 18 heavy (non-hydrogen) atoms. The van der Waals surface area contributed by atoms with E-state index in [1.165, 1.54) is 38.5 Å². The Balaban J connectivity index is 3.40. The maximum atomic E-state index is 11.7. The molecule has 5 heteroatoms. The van der Waals surface area contributed by atoms with Gasteiger partial charge in [-0.25, -0.2) is 0 Å². The average molecular weight is 386 g/mol. The molecule has 2 unspecified atom stereocenters. The summed E-state index contributed by atoms with van der Waals surface area (Å²) >= 11 is 6.83. The summed E-state index contributed by atoms with van der Waals surface area (Å²) in [5.41, 5.74) is 11.0. The lowest BCUT2D eigenvalue weighted by molar-refractivity contribution is -0.119. The van der Waals surface area contributed by atoms with Crippen molar-refractivity contribution in [3.8, 4) is 0 Å². The number of rotatable bonds is 12.